The second kappa shape index (κ2) is 15.9. The molecule has 0 bridgehead atoms. The van der Waals surface area contributed by atoms with Gasteiger partial charge in [0, 0.05) is 38.3 Å². The summed E-state index contributed by atoms with van der Waals surface area (Å²) in [5.74, 6) is -0.00181. The minimum atomic E-state index is -2.95. The zero-order valence-corrected chi connectivity index (χ0v) is 31.0. The minimum Gasteiger partial charge on any atom is -0.444 e. The molecule has 2 fully saturated rings. The number of aryl methyl sites for hydroxylation is 2. The summed E-state index contributed by atoms with van der Waals surface area (Å²) in [5, 5.41) is 15.6. The molecule has 4 N–H and O–H groups in total. The third kappa shape index (κ3) is 8.09. The van der Waals surface area contributed by atoms with Crippen molar-refractivity contribution < 1.29 is 27.6 Å². The monoisotopic (exact) mass is 778 g/mol. The molecule has 8 rings (SSSR count). The Morgan fingerprint density at radius 2 is 1.89 bits per heavy atom. The SMILES string of the molecule is Cn1c(=O)n(C2CCC(=O)NC2=O)c2cccc(CCCNCc3ccc(-n4cc(NC(=O)c5coc(-c6ccnc(NCC7CC7)c6)n5)c(C(F)F)n4)cc3)c21. The number of amides is 3. The van der Waals surface area contributed by atoms with Crippen LogP contribution in [0.5, 0.6) is 0 Å². The first kappa shape index (κ1) is 37.4. The van der Waals surface area contributed by atoms with Crippen LogP contribution in [-0.2, 0) is 29.6 Å². The second-order valence-corrected chi connectivity index (χ2v) is 14.3. The number of imidazole rings is 1. The zero-order valence-electron chi connectivity index (χ0n) is 31.0. The Balaban J connectivity index is 0.861. The number of piperidine rings is 1. The van der Waals surface area contributed by atoms with E-state index in [2.05, 4.69) is 36.3 Å². The summed E-state index contributed by atoms with van der Waals surface area (Å²) in [6, 6.07) is 15.6. The molecule has 5 heterocycles. The summed E-state index contributed by atoms with van der Waals surface area (Å²) in [4.78, 5) is 59.1. The maximum Gasteiger partial charge on any atom is 0.329 e. The Morgan fingerprint density at radius 1 is 1.07 bits per heavy atom. The zero-order chi connectivity index (χ0) is 39.6. The van der Waals surface area contributed by atoms with Crippen molar-refractivity contribution in [3.63, 3.8) is 0 Å². The predicted molar refractivity (Wildman–Crippen MR) is 206 cm³/mol. The number of imide groups is 1. The van der Waals surface area contributed by atoms with Crippen LogP contribution in [-0.4, -0.2) is 59.7 Å². The van der Waals surface area contributed by atoms with Crippen molar-refractivity contribution in [1.82, 2.24) is 39.5 Å². The highest BCUT2D eigenvalue weighted by Gasteiger charge is 2.31. The highest BCUT2D eigenvalue weighted by atomic mass is 19.3. The molecule has 0 spiro atoms. The summed E-state index contributed by atoms with van der Waals surface area (Å²) in [5.41, 5.74) is 3.38. The summed E-state index contributed by atoms with van der Waals surface area (Å²) in [6.07, 6.45) is 5.49. The summed E-state index contributed by atoms with van der Waals surface area (Å²) in [6.45, 7) is 2.06. The smallest absolute Gasteiger partial charge is 0.329 e. The molecule has 1 atom stereocenters. The maximum atomic E-state index is 14.1. The highest BCUT2D eigenvalue weighted by molar-refractivity contribution is 6.03. The molecule has 6 aromatic rings. The van der Waals surface area contributed by atoms with E-state index in [-0.39, 0.29) is 41.7 Å². The third-order valence-corrected chi connectivity index (χ3v) is 10.2. The fraction of sp³-hybridized carbons (Fsp3) is 0.325. The number of rotatable bonds is 15. The molecule has 17 heteroatoms. The van der Waals surface area contributed by atoms with Crippen LogP contribution in [0, 0.1) is 5.92 Å². The van der Waals surface area contributed by atoms with Crippen LogP contribution in [0.3, 0.4) is 0 Å². The lowest BCUT2D eigenvalue weighted by molar-refractivity contribution is -0.135. The number of para-hydroxylation sites is 1. The van der Waals surface area contributed by atoms with E-state index < -0.39 is 30.0 Å². The third-order valence-electron chi connectivity index (χ3n) is 10.2. The molecule has 2 aliphatic rings. The van der Waals surface area contributed by atoms with Gasteiger partial charge in [-0.1, -0.05) is 24.3 Å². The Bertz CT molecular complexity index is 2520. The van der Waals surface area contributed by atoms with Crippen LogP contribution in [0.15, 0.2) is 82.5 Å². The molecule has 1 aliphatic carbocycles. The van der Waals surface area contributed by atoms with E-state index >= 15 is 0 Å². The molecule has 1 unspecified atom stereocenters. The van der Waals surface area contributed by atoms with Gasteiger partial charge in [-0.15, -0.1) is 0 Å². The van der Waals surface area contributed by atoms with Crippen molar-refractivity contribution in [2.24, 2.45) is 13.0 Å². The predicted octanol–water partition coefficient (Wildman–Crippen LogP) is 5.29. The molecule has 294 valence electrons. The molecule has 0 radical (unpaired) electrons. The Hall–Kier alpha value is -6.49. The number of carbonyl (C=O) groups is 3. The number of carbonyl (C=O) groups excluding carboxylic acids is 3. The number of nitrogens with one attached hydrogen (secondary N) is 4. The lowest BCUT2D eigenvalue weighted by atomic mass is 10.0. The van der Waals surface area contributed by atoms with E-state index in [9.17, 15) is 28.0 Å². The first-order chi connectivity index (χ1) is 27.6. The van der Waals surface area contributed by atoms with Gasteiger partial charge in [0.05, 0.1) is 28.6 Å². The van der Waals surface area contributed by atoms with E-state index in [1.54, 1.807) is 42.1 Å². The maximum absolute atomic E-state index is 14.1. The van der Waals surface area contributed by atoms with Gasteiger partial charge in [-0.3, -0.25) is 28.8 Å². The number of pyridine rings is 1. The largest absolute Gasteiger partial charge is 0.444 e. The number of fused-ring (bicyclic) bond motifs is 1. The van der Waals surface area contributed by atoms with Crippen LogP contribution in [0.4, 0.5) is 20.3 Å². The summed E-state index contributed by atoms with van der Waals surface area (Å²) < 4.78 is 38.0. The average Bonchev–Trinajstić information content (AvgIpc) is 3.61. The standard InChI is InChI=1S/C40H40F2N10O5/c1-50-35-25(4-2-6-30(35)52(40(50)56)31-13-14-33(53)48-38(31)55)5-3-16-43-19-23-9-11-27(12-10-23)51-21-28(34(49-51)36(41)42)46-37(54)29-22-57-39(47-29)26-15-17-44-32(18-26)45-20-24-7-8-24/h2,4,6,9-12,15,17-18,21-22,24,31,36,43H,3,5,7-8,13-14,16,19-20H2,1H3,(H,44,45)(H,46,54)(H,48,53,55). The van der Waals surface area contributed by atoms with Gasteiger partial charge in [0.1, 0.15) is 18.1 Å². The Morgan fingerprint density at radius 3 is 2.67 bits per heavy atom. The fourth-order valence-electron chi connectivity index (χ4n) is 7.06. The van der Waals surface area contributed by atoms with Gasteiger partial charge in [0.25, 0.3) is 12.3 Å². The van der Waals surface area contributed by atoms with Crippen LogP contribution < -0.4 is 27.0 Å². The van der Waals surface area contributed by atoms with Gasteiger partial charge >= 0.3 is 5.69 Å². The molecular weight excluding hydrogens is 739 g/mol. The Labute approximate surface area is 324 Å². The quantitative estimate of drug-likeness (QED) is 0.0790. The van der Waals surface area contributed by atoms with Crippen molar-refractivity contribution in [1.29, 1.82) is 0 Å². The fourth-order valence-corrected chi connectivity index (χ4v) is 7.06. The normalized spacial score (nSPS) is 15.7. The van der Waals surface area contributed by atoms with E-state index in [0.717, 1.165) is 29.6 Å². The van der Waals surface area contributed by atoms with E-state index in [1.165, 1.54) is 34.6 Å². The number of halogens is 2. The van der Waals surface area contributed by atoms with E-state index in [0.29, 0.717) is 48.0 Å². The van der Waals surface area contributed by atoms with Crippen molar-refractivity contribution in [3.8, 4) is 17.1 Å². The number of aromatic nitrogens is 6. The molecule has 4 aromatic heterocycles. The number of oxazole rings is 1. The lowest BCUT2D eigenvalue weighted by Crippen LogP contribution is -2.44. The number of anilines is 2. The molecular formula is C40H40F2N10O5. The highest BCUT2D eigenvalue weighted by Crippen LogP contribution is 2.31. The molecule has 15 nitrogen and oxygen atoms in total. The van der Waals surface area contributed by atoms with Crippen molar-refractivity contribution in [2.75, 3.05) is 23.7 Å². The van der Waals surface area contributed by atoms with Gasteiger partial charge in [-0.2, -0.15) is 5.10 Å². The molecule has 1 aliphatic heterocycles. The Kier molecular flexibility index (Phi) is 10.5. The molecule has 2 aromatic carbocycles. The number of benzene rings is 2. The number of hydrogen-bond acceptors (Lipinski definition) is 10. The van der Waals surface area contributed by atoms with Gasteiger partial charge < -0.3 is 20.4 Å². The number of hydrogen-bond donors (Lipinski definition) is 4. The van der Waals surface area contributed by atoms with Gasteiger partial charge in [-0.05, 0) is 86.0 Å². The second-order valence-electron chi connectivity index (χ2n) is 14.3. The van der Waals surface area contributed by atoms with Crippen LogP contribution in [0.2, 0.25) is 0 Å². The van der Waals surface area contributed by atoms with Crippen molar-refractivity contribution in [2.45, 2.75) is 57.5 Å². The molecule has 1 saturated heterocycles. The first-order valence-corrected chi connectivity index (χ1v) is 18.8. The average molecular weight is 779 g/mol. The van der Waals surface area contributed by atoms with Crippen LogP contribution in [0.25, 0.3) is 28.2 Å². The van der Waals surface area contributed by atoms with Crippen molar-refractivity contribution >= 4 is 40.3 Å². The van der Waals surface area contributed by atoms with Crippen LogP contribution >= 0.6 is 0 Å². The first-order valence-electron chi connectivity index (χ1n) is 18.8. The summed E-state index contributed by atoms with van der Waals surface area (Å²) in [7, 11) is 1.69. The van der Waals surface area contributed by atoms with Crippen LogP contribution in [0.1, 0.15) is 71.9 Å². The van der Waals surface area contributed by atoms with Gasteiger partial charge in [-0.25, -0.2) is 28.2 Å². The molecule has 57 heavy (non-hydrogen) atoms. The topological polar surface area (TPSA) is 183 Å². The van der Waals surface area contributed by atoms with Gasteiger partial charge in [0.15, 0.2) is 11.4 Å². The number of nitrogens with zero attached hydrogens (tertiary/aromatic N) is 6. The lowest BCUT2D eigenvalue weighted by Gasteiger charge is -2.22. The van der Waals surface area contributed by atoms with E-state index in [1.807, 2.05) is 30.3 Å². The van der Waals surface area contributed by atoms with Gasteiger partial charge in [0.2, 0.25) is 17.7 Å². The summed E-state index contributed by atoms with van der Waals surface area (Å²) >= 11 is 0. The van der Waals surface area contributed by atoms with E-state index in [4.69, 9.17) is 4.42 Å². The molecule has 3 amide bonds. The number of alkyl halides is 2. The van der Waals surface area contributed by atoms with Crippen molar-refractivity contribution in [3.05, 3.63) is 106 Å². The minimum absolute atomic E-state index is 0.0781. The molecule has 1 saturated carbocycles.